The number of hydrogen-bond donors (Lipinski definition) is 1. The molecule has 0 bridgehead atoms. The predicted molar refractivity (Wildman–Crippen MR) is 89.6 cm³/mol. The van der Waals surface area contributed by atoms with Gasteiger partial charge < -0.3 is 10.1 Å². The fourth-order valence-corrected chi connectivity index (χ4v) is 4.05. The minimum absolute atomic E-state index is 0.175. The molecule has 3 atom stereocenters. The van der Waals surface area contributed by atoms with Gasteiger partial charge >= 0.3 is 6.18 Å². The van der Waals surface area contributed by atoms with E-state index in [1.807, 2.05) is 6.92 Å². The van der Waals surface area contributed by atoms with Crippen molar-refractivity contribution in [2.75, 3.05) is 13.1 Å². The standard InChI is InChI=1S/C18H20F3NOS/c1-12(23-15-4-2-3-14(9-15)18(19,20)21)17-10-22-7-5-16(17)13-6-8-24-11-13/h2-4,6,8-9,11-12,16-17,22H,5,7,10H2,1H3. The Bertz CT molecular complexity index is 657. The molecule has 2 aromatic rings. The highest BCUT2D eigenvalue weighted by Crippen LogP contribution is 2.36. The van der Waals surface area contributed by atoms with Gasteiger partial charge in [-0.25, -0.2) is 0 Å². The molecule has 6 heteroatoms. The van der Waals surface area contributed by atoms with Crippen LogP contribution in [-0.4, -0.2) is 19.2 Å². The average Bonchev–Trinajstić information content (AvgIpc) is 3.08. The Morgan fingerprint density at radius 3 is 2.83 bits per heavy atom. The van der Waals surface area contributed by atoms with Gasteiger partial charge in [-0.3, -0.25) is 0 Å². The summed E-state index contributed by atoms with van der Waals surface area (Å²) in [5, 5.41) is 7.59. The van der Waals surface area contributed by atoms with Crippen LogP contribution in [0.5, 0.6) is 5.75 Å². The molecule has 0 spiro atoms. The molecule has 130 valence electrons. The van der Waals surface area contributed by atoms with Crippen LogP contribution >= 0.6 is 11.3 Å². The Balaban J connectivity index is 1.75. The van der Waals surface area contributed by atoms with Gasteiger partial charge in [-0.1, -0.05) is 6.07 Å². The van der Waals surface area contributed by atoms with Crippen LogP contribution in [0.25, 0.3) is 0 Å². The second kappa shape index (κ2) is 7.15. The zero-order chi connectivity index (χ0) is 17.2. The SMILES string of the molecule is CC(Oc1cccc(C(F)(F)F)c1)C1CNCCC1c1ccsc1. The summed E-state index contributed by atoms with van der Waals surface area (Å²) in [6, 6.07) is 7.24. The first-order valence-electron chi connectivity index (χ1n) is 8.02. The van der Waals surface area contributed by atoms with Crippen LogP contribution in [-0.2, 0) is 6.18 Å². The number of nitrogens with one attached hydrogen (secondary N) is 1. The number of rotatable bonds is 4. The van der Waals surface area contributed by atoms with E-state index in [1.165, 1.54) is 11.6 Å². The first-order chi connectivity index (χ1) is 11.4. The van der Waals surface area contributed by atoms with Gasteiger partial charge in [0.1, 0.15) is 11.9 Å². The smallest absolute Gasteiger partial charge is 0.416 e. The van der Waals surface area contributed by atoms with Crippen LogP contribution < -0.4 is 10.1 Å². The quantitative estimate of drug-likeness (QED) is 0.840. The van der Waals surface area contributed by atoms with Crippen LogP contribution in [0.3, 0.4) is 0 Å². The minimum atomic E-state index is -4.35. The number of hydrogen-bond acceptors (Lipinski definition) is 3. The molecule has 1 saturated heterocycles. The van der Waals surface area contributed by atoms with Gasteiger partial charge in [-0.2, -0.15) is 24.5 Å². The monoisotopic (exact) mass is 355 g/mol. The highest BCUT2D eigenvalue weighted by atomic mass is 32.1. The van der Waals surface area contributed by atoms with Gasteiger partial charge in [0.25, 0.3) is 0 Å². The van der Waals surface area contributed by atoms with Crippen molar-refractivity contribution in [2.24, 2.45) is 5.92 Å². The van der Waals surface area contributed by atoms with Crippen LogP contribution in [0.1, 0.15) is 30.4 Å². The first kappa shape index (κ1) is 17.3. The van der Waals surface area contributed by atoms with Crippen LogP contribution in [0, 0.1) is 5.92 Å². The molecule has 3 unspecified atom stereocenters. The van der Waals surface area contributed by atoms with Gasteiger partial charge in [0.2, 0.25) is 0 Å². The van der Waals surface area contributed by atoms with Gasteiger partial charge in [0.15, 0.2) is 0 Å². The van der Waals surface area contributed by atoms with Crippen molar-refractivity contribution in [1.82, 2.24) is 5.32 Å². The largest absolute Gasteiger partial charge is 0.490 e. The summed E-state index contributed by atoms with van der Waals surface area (Å²) in [6.45, 7) is 3.70. The fraction of sp³-hybridized carbons (Fsp3) is 0.444. The van der Waals surface area contributed by atoms with Crippen molar-refractivity contribution in [3.8, 4) is 5.75 Å². The molecule has 1 fully saturated rings. The summed E-state index contributed by atoms with van der Waals surface area (Å²) in [4.78, 5) is 0. The molecule has 24 heavy (non-hydrogen) atoms. The van der Waals surface area contributed by atoms with E-state index in [0.717, 1.165) is 31.6 Å². The third-order valence-corrected chi connectivity index (χ3v) is 5.29. The van der Waals surface area contributed by atoms with Crippen molar-refractivity contribution in [3.05, 3.63) is 52.2 Å². The number of ether oxygens (including phenoxy) is 1. The lowest BCUT2D eigenvalue weighted by atomic mass is 9.79. The van der Waals surface area contributed by atoms with E-state index in [1.54, 1.807) is 17.4 Å². The van der Waals surface area contributed by atoms with Gasteiger partial charge in [-0.15, -0.1) is 0 Å². The van der Waals surface area contributed by atoms with Gasteiger partial charge in [-0.05, 0) is 66.4 Å². The van der Waals surface area contributed by atoms with E-state index in [4.69, 9.17) is 4.74 Å². The Morgan fingerprint density at radius 1 is 1.29 bits per heavy atom. The van der Waals surface area contributed by atoms with Crippen molar-refractivity contribution in [2.45, 2.75) is 31.5 Å². The van der Waals surface area contributed by atoms with E-state index in [-0.39, 0.29) is 17.8 Å². The van der Waals surface area contributed by atoms with Gasteiger partial charge in [0.05, 0.1) is 5.56 Å². The number of halogens is 3. The Labute approximate surface area is 143 Å². The van der Waals surface area contributed by atoms with Crippen molar-refractivity contribution < 1.29 is 17.9 Å². The molecule has 0 saturated carbocycles. The Morgan fingerprint density at radius 2 is 2.12 bits per heavy atom. The molecule has 1 aromatic heterocycles. The zero-order valence-electron chi connectivity index (χ0n) is 13.3. The molecule has 2 nitrogen and oxygen atoms in total. The Hall–Kier alpha value is -1.53. The maximum atomic E-state index is 12.8. The maximum absolute atomic E-state index is 12.8. The van der Waals surface area contributed by atoms with Crippen LogP contribution in [0.15, 0.2) is 41.1 Å². The van der Waals surface area contributed by atoms with E-state index in [2.05, 4.69) is 22.1 Å². The minimum Gasteiger partial charge on any atom is -0.490 e. The summed E-state index contributed by atoms with van der Waals surface area (Å²) in [5.74, 6) is 0.869. The summed E-state index contributed by atoms with van der Waals surface area (Å²) >= 11 is 1.67. The fourth-order valence-electron chi connectivity index (χ4n) is 3.32. The molecule has 3 rings (SSSR count). The number of piperidine rings is 1. The van der Waals surface area contributed by atoms with E-state index in [0.29, 0.717) is 5.92 Å². The molecule has 0 radical (unpaired) electrons. The molecule has 1 aliphatic heterocycles. The van der Waals surface area contributed by atoms with Crippen molar-refractivity contribution in [3.63, 3.8) is 0 Å². The highest BCUT2D eigenvalue weighted by Gasteiger charge is 2.33. The Kier molecular flexibility index (Phi) is 5.15. The molecular formula is C18H20F3NOS. The van der Waals surface area contributed by atoms with Crippen molar-refractivity contribution >= 4 is 11.3 Å². The summed E-state index contributed by atoms with van der Waals surface area (Å²) in [7, 11) is 0. The van der Waals surface area contributed by atoms with Crippen LogP contribution in [0.4, 0.5) is 13.2 Å². The van der Waals surface area contributed by atoms with Gasteiger partial charge in [0, 0.05) is 12.5 Å². The van der Waals surface area contributed by atoms with E-state index >= 15 is 0 Å². The van der Waals surface area contributed by atoms with E-state index in [9.17, 15) is 13.2 Å². The molecule has 2 heterocycles. The van der Waals surface area contributed by atoms with Crippen LogP contribution in [0.2, 0.25) is 0 Å². The average molecular weight is 355 g/mol. The normalized spacial score (nSPS) is 23.0. The molecule has 1 aromatic carbocycles. The van der Waals surface area contributed by atoms with Crippen molar-refractivity contribution in [1.29, 1.82) is 0 Å². The second-order valence-electron chi connectivity index (χ2n) is 6.17. The lowest BCUT2D eigenvalue weighted by molar-refractivity contribution is -0.137. The predicted octanol–water partition coefficient (Wildman–Crippen LogP) is 4.93. The molecule has 1 N–H and O–H groups in total. The number of alkyl halides is 3. The number of thiophene rings is 1. The maximum Gasteiger partial charge on any atom is 0.416 e. The summed E-state index contributed by atoms with van der Waals surface area (Å²) < 4.78 is 44.4. The lowest BCUT2D eigenvalue weighted by Gasteiger charge is -2.36. The van der Waals surface area contributed by atoms with E-state index < -0.39 is 11.7 Å². The molecule has 0 aliphatic carbocycles. The third kappa shape index (κ3) is 3.92. The summed E-state index contributed by atoms with van der Waals surface area (Å²) in [6.07, 6.45) is -3.52. The third-order valence-electron chi connectivity index (χ3n) is 4.59. The second-order valence-corrected chi connectivity index (χ2v) is 6.95. The summed E-state index contributed by atoms with van der Waals surface area (Å²) in [5.41, 5.74) is 0.620. The molecule has 0 amide bonds. The molecule has 1 aliphatic rings. The number of benzene rings is 1. The zero-order valence-corrected chi connectivity index (χ0v) is 14.2. The first-order valence-corrected chi connectivity index (χ1v) is 8.96. The molecular weight excluding hydrogens is 335 g/mol. The topological polar surface area (TPSA) is 21.3 Å². The lowest BCUT2D eigenvalue weighted by Crippen LogP contribution is -2.42. The highest BCUT2D eigenvalue weighted by molar-refractivity contribution is 7.07.